The number of hydrogen-bond acceptors (Lipinski definition) is 8. The monoisotopic (exact) mass is 606 g/mol. The maximum Gasteiger partial charge on any atom is 0.416 e. The zero-order chi connectivity index (χ0) is 30.9. The third kappa shape index (κ3) is 6.07. The number of alkyl halides is 3. The fraction of sp³-hybridized carbons (Fsp3) is 0.467. The fourth-order valence-corrected chi connectivity index (χ4v) is 5.93. The molecule has 1 fully saturated rings. The maximum absolute atomic E-state index is 13.9. The number of aliphatic hydroxyl groups is 3. The van der Waals surface area contributed by atoms with Crippen molar-refractivity contribution >= 4 is 11.8 Å². The number of fused-ring (bicyclic) bond motifs is 3. The summed E-state index contributed by atoms with van der Waals surface area (Å²) in [5, 5.41) is 33.5. The van der Waals surface area contributed by atoms with Gasteiger partial charge in [-0.15, -0.1) is 0 Å². The van der Waals surface area contributed by atoms with Crippen LogP contribution in [0.4, 0.5) is 13.2 Å². The third-order valence-electron chi connectivity index (χ3n) is 8.00. The number of carbonyl (C=O) groups excluding carboxylic acids is 2. The van der Waals surface area contributed by atoms with Crippen LogP contribution in [0.2, 0.25) is 0 Å². The lowest BCUT2D eigenvalue weighted by Gasteiger charge is -2.41. The van der Waals surface area contributed by atoms with Gasteiger partial charge in [0.1, 0.15) is 12.2 Å². The van der Waals surface area contributed by atoms with Crippen LogP contribution >= 0.6 is 0 Å². The molecule has 0 saturated carbocycles. The van der Waals surface area contributed by atoms with Gasteiger partial charge in [-0.2, -0.15) is 13.2 Å². The Kier molecular flexibility index (Phi) is 8.97. The van der Waals surface area contributed by atoms with Crippen molar-refractivity contribution in [3.05, 3.63) is 70.3 Å². The fourth-order valence-electron chi connectivity index (χ4n) is 5.93. The van der Waals surface area contributed by atoms with Crippen molar-refractivity contribution < 1.29 is 52.3 Å². The Morgan fingerprint density at radius 3 is 2.51 bits per heavy atom. The van der Waals surface area contributed by atoms with Crippen molar-refractivity contribution in [1.82, 2.24) is 10.2 Å². The summed E-state index contributed by atoms with van der Waals surface area (Å²) in [6, 6.07) is 5.88. The first-order chi connectivity index (χ1) is 20.6. The molecule has 2 heterocycles. The number of benzene rings is 2. The van der Waals surface area contributed by atoms with Gasteiger partial charge in [0.15, 0.2) is 11.5 Å². The lowest BCUT2D eigenvalue weighted by atomic mass is 9.77. The Balaban J connectivity index is 1.58. The van der Waals surface area contributed by atoms with E-state index >= 15 is 0 Å². The number of nitrogens with one attached hydrogen (secondary N) is 1. The number of ether oxygens (including phenoxy) is 3. The minimum absolute atomic E-state index is 0.00589. The molecular formula is C30H33F3N2O8. The highest BCUT2D eigenvalue weighted by Crippen LogP contribution is 2.51. The second-order valence-corrected chi connectivity index (χ2v) is 10.7. The van der Waals surface area contributed by atoms with Crippen LogP contribution in [0.15, 0.2) is 48.0 Å². The minimum atomic E-state index is -4.58. The molecule has 0 radical (unpaired) electrons. The zero-order valence-electron chi connectivity index (χ0n) is 23.3. The first-order valence-corrected chi connectivity index (χ1v) is 13.9. The van der Waals surface area contributed by atoms with Gasteiger partial charge in [0.2, 0.25) is 5.91 Å². The molecule has 0 bridgehead atoms. The van der Waals surface area contributed by atoms with Gasteiger partial charge in [-0.1, -0.05) is 0 Å². The molecule has 5 unspecified atom stereocenters. The molecule has 5 rings (SSSR count). The van der Waals surface area contributed by atoms with E-state index in [1.807, 2.05) is 0 Å². The molecule has 0 aromatic heterocycles. The van der Waals surface area contributed by atoms with Crippen LogP contribution in [0.25, 0.3) is 0 Å². The zero-order valence-corrected chi connectivity index (χ0v) is 23.3. The van der Waals surface area contributed by atoms with Crippen molar-refractivity contribution in [3.8, 4) is 11.5 Å². The topological polar surface area (TPSA) is 138 Å². The van der Waals surface area contributed by atoms with Gasteiger partial charge < -0.3 is 39.7 Å². The largest absolute Gasteiger partial charge is 0.493 e. The van der Waals surface area contributed by atoms with Gasteiger partial charge in [0.25, 0.3) is 5.91 Å². The standard InChI is InChI=1S/C30H33F3N2O8/c1-41-23-12-16(15-37)11-20-24-21(28(39)34-8-9-36)13-22(25(38)27(24)43-26(20)23)35(14-19-3-2-10-42-19)29(40)17-4-6-18(7-5-17)30(31,32)33/h4-7,11-13,19,22,24-25,27,36-38H,2-3,8-10,14-15H2,1H3,(H,34,39). The van der Waals surface area contributed by atoms with Gasteiger partial charge in [-0.05, 0) is 60.9 Å². The van der Waals surface area contributed by atoms with Crippen molar-refractivity contribution in [1.29, 1.82) is 0 Å². The van der Waals surface area contributed by atoms with Crippen LogP contribution in [0.1, 0.15) is 45.8 Å². The van der Waals surface area contributed by atoms with E-state index in [0.29, 0.717) is 24.2 Å². The molecule has 232 valence electrons. The molecule has 2 aromatic carbocycles. The van der Waals surface area contributed by atoms with E-state index in [9.17, 15) is 38.1 Å². The molecule has 43 heavy (non-hydrogen) atoms. The number of amides is 2. The van der Waals surface area contributed by atoms with E-state index in [0.717, 1.165) is 30.7 Å². The predicted octanol–water partition coefficient (Wildman–Crippen LogP) is 2.15. The van der Waals surface area contributed by atoms with Crippen molar-refractivity contribution in [2.24, 2.45) is 0 Å². The number of rotatable bonds is 9. The normalized spacial score (nSPS) is 24.4. The van der Waals surface area contributed by atoms with Crippen LogP contribution in [0.3, 0.4) is 0 Å². The number of nitrogens with zero attached hydrogens (tertiary/aromatic N) is 1. The lowest BCUT2D eigenvalue weighted by Crippen LogP contribution is -2.57. The summed E-state index contributed by atoms with van der Waals surface area (Å²) in [5.41, 5.74) is 0.193. The van der Waals surface area contributed by atoms with Crippen LogP contribution in [-0.4, -0.2) is 89.8 Å². The van der Waals surface area contributed by atoms with Crippen LogP contribution < -0.4 is 14.8 Å². The van der Waals surface area contributed by atoms with E-state index in [1.165, 1.54) is 18.1 Å². The molecule has 1 saturated heterocycles. The van der Waals surface area contributed by atoms with Crippen LogP contribution in [-0.2, 0) is 22.3 Å². The number of aliphatic hydroxyl groups excluding tert-OH is 3. The Labute approximate surface area is 245 Å². The van der Waals surface area contributed by atoms with Crippen LogP contribution in [0.5, 0.6) is 11.5 Å². The number of halogens is 3. The van der Waals surface area contributed by atoms with Gasteiger partial charge in [-0.3, -0.25) is 9.59 Å². The Morgan fingerprint density at radius 1 is 1.16 bits per heavy atom. The highest BCUT2D eigenvalue weighted by atomic mass is 19.4. The first-order valence-electron chi connectivity index (χ1n) is 13.9. The second-order valence-electron chi connectivity index (χ2n) is 10.7. The summed E-state index contributed by atoms with van der Waals surface area (Å²) in [6.07, 6.45) is -4.57. The molecule has 2 aliphatic heterocycles. The number of carbonyl (C=O) groups is 2. The first kappa shape index (κ1) is 30.8. The quantitative estimate of drug-likeness (QED) is 0.341. The van der Waals surface area contributed by atoms with Crippen molar-refractivity contribution in [3.63, 3.8) is 0 Å². The molecule has 0 spiro atoms. The van der Waals surface area contributed by atoms with E-state index in [-0.39, 0.29) is 48.9 Å². The van der Waals surface area contributed by atoms with Gasteiger partial charge in [-0.25, -0.2) is 0 Å². The average molecular weight is 607 g/mol. The SMILES string of the molecule is COc1cc(CO)cc2c1OC1C2C(C(=O)NCCO)=CC(N(CC2CCCO2)C(=O)c2ccc(C(F)(F)F)cc2)C1O. The summed E-state index contributed by atoms with van der Waals surface area (Å²) >= 11 is 0. The van der Waals surface area contributed by atoms with Gasteiger partial charge in [0, 0.05) is 36.4 Å². The summed E-state index contributed by atoms with van der Waals surface area (Å²) in [4.78, 5) is 28.7. The number of hydrogen-bond donors (Lipinski definition) is 4. The van der Waals surface area contributed by atoms with Crippen molar-refractivity contribution in [2.75, 3.05) is 33.4 Å². The molecule has 10 nitrogen and oxygen atoms in total. The van der Waals surface area contributed by atoms with E-state index < -0.39 is 53.8 Å². The van der Waals surface area contributed by atoms with Gasteiger partial charge in [0.05, 0.1) is 44.0 Å². The summed E-state index contributed by atoms with van der Waals surface area (Å²) in [6.45, 7) is -0.226. The number of methoxy groups -OCH3 is 1. The summed E-state index contributed by atoms with van der Waals surface area (Å²) < 4.78 is 57.0. The van der Waals surface area contributed by atoms with E-state index in [4.69, 9.17) is 14.2 Å². The average Bonchev–Trinajstić information content (AvgIpc) is 3.66. The molecule has 3 aliphatic rings. The molecule has 13 heteroatoms. The molecule has 1 aliphatic carbocycles. The smallest absolute Gasteiger partial charge is 0.416 e. The molecule has 5 atom stereocenters. The predicted molar refractivity (Wildman–Crippen MR) is 146 cm³/mol. The second kappa shape index (κ2) is 12.5. The van der Waals surface area contributed by atoms with E-state index in [1.54, 1.807) is 12.1 Å². The lowest BCUT2D eigenvalue weighted by molar-refractivity contribution is -0.137. The summed E-state index contributed by atoms with van der Waals surface area (Å²) in [5.74, 6) is -1.48. The maximum atomic E-state index is 13.9. The highest BCUT2D eigenvalue weighted by Gasteiger charge is 2.52. The molecule has 2 aromatic rings. The Morgan fingerprint density at radius 2 is 1.91 bits per heavy atom. The Hall–Kier alpha value is -3.65. The molecular weight excluding hydrogens is 573 g/mol. The minimum Gasteiger partial charge on any atom is -0.493 e. The highest BCUT2D eigenvalue weighted by molar-refractivity contribution is 5.97. The third-order valence-corrected chi connectivity index (χ3v) is 8.00. The Bertz CT molecular complexity index is 1370. The van der Waals surface area contributed by atoms with E-state index in [2.05, 4.69) is 5.32 Å². The molecule has 2 amide bonds. The summed E-state index contributed by atoms with van der Waals surface area (Å²) in [7, 11) is 1.41. The van der Waals surface area contributed by atoms with Crippen molar-refractivity contribution in [2.45, 2.75) is 55.9 Å². The molecule has 4 N–H and O–H groups in total. The van der Waals surface area contributed by atoms with Crippen LogP contribution in [0, 0.1) is 0 Å². The van der Waals surface area contributed by atoms with Gasteiger partial charge >= 0.3 is 6.18 Å².